The average molecular weight is 407 g/mol. The van der Waals surface area contributed by atoms with Crippen molar-refractivity contribution in [1.29, 1.82) is 0 Å². The van der Waals surface area contributed by atoms with Gasteiger partial charge in [0.05, 0.1) is 11.7 Å². The molecule has 0 N–H and O–H groups in total. The van der Waals surface area contributed by atoms with Crippen LogP contribution in [0.3, 0.4) is 0 Å². The quantitative estimate of drug-likeness (QED) is 0.691. The van der Waals surface area contributed by atoms with Gasteiger partial charge < -0.3 is 9.80 Å². The van der Waals surface area contributed by atoms with E-state index in [-0.39, 0.29) is 12.1 Å². The molecule has 152 valence electrons. The van der Waals surface area contributed by atoms with Gasteiger partial charge in [0.15, 0.2) is 5.17 Å². The molecule has 2 saturated heterocycles. The van der Waals surface area contributed by atoms with Crippen molar-refractivity contribution in [2.45, 2.75) is 58.2 Å². The Bertz CT molecular complexity index is 920. The Morgan fingerprint density at radius 1 is 1.10 bits per heavy atom. The number of hydrogen-bond acceptors (Lipinski definition) is 5. The lowest BCUT2D eigenvalue weighted by Crippen LogP contribution is -2.35. The maximum absolute atomic E-state index is 5.18. The molecule has 4 heterocycles. The maximum Gasteiger partial charge on any atom is 0.160 e. The molecule has 3 aliphatic rings. The zero-order valence-corrected chi connectivity index (χ0v) is 18.5. The topological polar surface area (TPSA) is 31.7 Å². The molecule has 2 fully saturated rings. The van der Waals surface area contributed by atoms with Gasteiger partial charge in [-0.15, -0.1) is 0 Å². The van der Waals surface area contributed by atoms with Crippen LogP contribution in [0.2, 0.25) is 0 Å². The van der Waals surface area contributed by atoms with Crippen LogP contribution in [-0.2, 0) is 0 Å². The third kappa shape index (κ3) is 3.24. The first kappa shape index (κ1) is 19.0. The molecule has 0 spiro atoms. The van der Waals surface area contributed by atoms with Crippen LogP contribution >= 0.6 is 11.8 Å². The summed E-state index contributed by atoms with van der Waals surface area (Å²) in [4.78, 5) is 15.0. The van der Waals surface area contributed by atoms with Crippen LogP contribution in [0.15, 0.2) is 41.5 Å². The number of fused-ring (bicyclic) bond motifs is 1. The van der Waals surface area contributed by atoms with E-state index in [4.69, 9.17) is 9.98 Å². The van der Waals surface area contributed by atoms with Gasteiger partial charge in [-0.25, -0.2) is 0 Å². The number of thioether (sulfide) groups is 1. The van der Waals surface area contributed by atoms with Crippen molar-refractivity contribution in [2.75, 3.05) is 23.7 Å². The molecule has 1 aromatic carbocycles. The van der Waals surface area contributed by atoms with Crippen molar-refractivity contribution in [2.24, 2.45) is 4.99 Å². The summed E-state index contributed by atoms with van der Waals surface area (Å²) in [5, 5.41) is 1.21. The molecule has 0 bridgehead atoms. The van der Waals surface area contributed by atoms with Crippen molar-refractivity contribution >= 4 is 22.6 Å². The van der Waals surface area contributed by atoms with Gasteiger partial charge in [0.2, 0.25) is 0 Å². The summed E-state index contributed by atoms with van der Waals surface area (Å²) < 4.78 is 0. The number of amidine groups is 1. The Labute approximate surface area is 178 Å². The monoisotopic (exact) mass is 406 g/mol. The Kier molecular flexibility index (Phi) is 5.02. The molecule has 0 radical (unpaired) electrons. The van der Waals surface area contributed by atoms with Gasteiger partial charge in [-0.3, -0.25) is 9.98 Å². The predicted molar refractivity (Wildman–Crippen MR) is 123 cm³/mol. The van der Waals surface area contributed by atoms with Gasteiger partial charge in [0.1, 0.15) is 6.04 Å². The zero-order valence-electron chi connectivity index (χ0n) is 17.6. The molecule has 29 heavy (non-hydrogen) atoms. The highest BCUT2D eigenvalue weighted by molar-refractivity contribution is 8.14. The number of rotatable bonds is 4. The minimum Gasteiger partial charge on any atom is -0.371 e. The van der Waals surface area contributed by atoms with Crippen molar-refractivity contribution < 1.29 is 0 Å². The molecule has 3 aliphatic heterocycles. The number of anilines is 1. The molecule has 0 amide bonds. The first-order chi connectivity index (χ1) is 14.2. The minimum atomic E-state index is 0.0730. The standard InChI is InChI=1S/C24H30N4S/c1-4-18-15-29-24-26-22(20-9-5-6-10-25-20)23(28(18)24)19-13-17(3)21(14-16(19)2)27-11-7-8-12-27/h5-6,9-10,13-14,18,22-23H,4,7-8,11-12,15H2,1-3H3. The Hall–Kier alpha value is -2.01. The second-order valence-electron chi connectivity index (χ2n) is 8.53. The van der Waals surface area contributed by atoms with Crippen LogP contribution in [-0.4, -0.2) is 39.9 Å². The van der Waals surface area contributed by atoms with Crippen LogP contribution in [0.25, 0.3) is 0 Å². The fraction of sp³-hybridized carbons (Fsp3) is 0.500. The summed E-state index contributed by atoms with van der Waals surface area (Å²) in [5.41, 5.74) is 6.68. The van der Waals surface area contributed by atoms with Crippen LogP contribution in [0.4, 0.5) is 5.69 Å². The van der Waals surface area contributed by atoms with Crippen molar-refractivity contribution in [1.82, 2.24) is 9.88 Å². The SMILES string of the molecule is CCC1CSC2=NC(c3ccccn3)C(c3cc(C)c(N4CCCC4)cc3C)N21. The van der Waals surface area contributed by atoms with E-state index in [2.05, 4.69) is 54.8 Å². The van der Waals surface area contributed by atoms with Gasteiger partial charge in [0.25, 0.3) is 0 Å². The number of aromatic nitrogens is 1. The van der Waals surface area contributed by atoms with E-state index < -0.39 is 0 Å². The molecule has 0 saturated carbocycles. The number of hydrogen-bond donors (Lipinski definition) is 0. The summed E-state index contributed by atoms with van der Waals surface area (Å²) in [6.07, 6.45) is 5.67. The van der Waals surface area contributed by atoms with E-state index in [1.807, 2.05) is 24.0 Å². The van der Waals surface area contributed by atoms with Gasteiger partial charge in [0, 0.05) is 36.8 Å². The van der Waals surface area contributed by atoms with Gasteiger partial charge >= 0.3 is 0 Å². The number of pyridine rings is 1. The first-order valence-corrected chi connectivity index (χ1v) is 11.9. The van der Waals surface area contributed by atoms with E-state index in [1.165, 1.54) is 53.5 Å². The number of aryl methyl sites for hydroxylation is 2. The largest absolute Gasteiger partial charge is 0.371 e. The lowest BCUT2D eigenvalue weighted by molar-refractivity contribution is 0.254. The summed E-state index contributed by atoms with van der Waals surface area (Å²) >= 11 is 1.92. The number of aliphatic imine (C=N–C) groups is 1. The first-order valence-electron chi connectivity index (χ1n) is 10.9. The van der Waals surface area contributed by atoms with Crippen LogP contribution in [0, 0.1) is 13.8 Å². The van der Waals surface area contributed by atoms with Crippen LogP contribution < -0.4 is 4.90 Å². The average Bonchev–Trinajstić information content (AvgIpc) is 3.47. The van der Waals surface area contributed by atoms with Crippen molar-refractivity contribution in [3.05, 3.63) is 58.9 Å². The van der Waals surface area contributed by atoms with E-state index in [0.29, 0.717) is 6.04 Å². The van der Waals surface area contributed by atoms with E-state index in [1.54, 1.807) is 0 Å². The zero-order chi connectivity index (χ0) is 20.0. The van der Waals surface area contributed by atoms with Crippen molar-refractivity contribution in [3.8, 4) is 0 Å². The maximum atomic E-state index is 5.18. The van der Waals surface area contributed by atoms with E-state index in [0.717, 1.165) is 17.9 Å². The molecular weight excluding hydrogens is 376 g/mol. The van der Waals surface area contributed by atoms with Gasteiger partial charge in [-0.2, -0.15) is 0 Å². The predicted octanol–water partition coefficient (Wildman–Crippen LogP) is 5.28. The highest BCUT2D eigenvalue weighted by Gasteiger charge is 2.46. The lowest BCUT2D eigenvalue weighted by atomic mass is 9.90. The molecule has 3 unspecified atom stereocenters. The Morgan fingerprint density at radius 3 is 2.66 bits per heavy atom. The second kappa shape index (κ2) is 7.67. The number of nitrogens with zero attached hydrogens (tertiary/aromatic N) is 4. The summed E-state index contributed by atoms with van der Waals surface area (Å²) in [5.74, 6) is 1.14. The van der Waals surface area contributed by atoms with E-state index in [9.17, 15) is 0 Å². The van der Waals surface area contributed by atoms with E-state index >= 15 is 0 Å². The Morgan fingerprint density at radius 2 is 1.93 bits per heavy atom. The second-order valence-corrected chi connectivity index (χ2v) is 9.51. The minimum absolute atomic E-state index is 0.0730. The highest BCUT2D eigenvalue weighted by Crippen LogP contribution is 2.49. The molecule has 5 rings (SSSR count). The molecular formula is C24H30N4S. The number of benzene rings is 1. The Balaban J connectivity index is 1.59. The van der Waals surface area contributed by atoms with Crippen LogP contribution in [0.1, 0.15) is 60.7 Å². The molecule has 2 aromatic rings. The third-order valence-corrected chi connectivity index (χ3v) is 7.81. The molecule has 4 nitrogen and oxygen atoms in total. The lowest BCUT2D eigenvalue weighted by Gasteiger charge is -2.33. The molecule has 3 atom stereocenters. The molecule has 5 heteroatoms. The normalized spacial score (nSPS) is 26.2. The summed E-state index contributed by atoms with van der Waals surface area (Å²) in [7, 11) is 0. The highest BCUT2D eigenvalue weighted by atomic mass is 32.2. The molecule has 1 aromatic heterocycles. The summed E-state index contributed by atoms with van der Waals surface area (Å²) in [6, 6.07) is 11.9. The fourth-order valence-electron chi connectivity index (χ4n) is 5.13. The van der Waals surface area contributed by atoms with Gasteiger partial charge in [-0.1, -0.05) is 30.8 Å². The smallest absolute Gasteiger partial charge is 0.160 e. The molecule has 0 aliphatic carbocycles. The van der Waals surface area contributed by atoms with Gasteiger partial charge in [-0.05, 0) is 68.0 Å². The third-order valence-electron chi connectivity index (χ3n) is 6.68. The van der Waals surface area contributed by atoms with Crippen molar-refractivity contribution in [3.63, 3.8) is 0 Å². The van der Waals surface area contributed by atoms with Crippen LogP contribution in [0.5, 0.6) is 0 Å². The summed E-state index contributed by atoms with van der Waals surface area (Å²) in [6.45, 7) is 9.24. The fourth-order valence-corrected chi connectivity index (χ4v) is 6.46.